The molecule has 7 nitrogen and oxygen atoms in total. The molecule has 3 aliphatic rings. The lowest BCUT2D eigenvalue weighted by molar-refractivity contribution is -0.0452. The van der Waals surface area contributed by atoms with E-state index in [1.165, 1.54) is 5.56 Å². The van der Waals surface area contributed by atoms with Gasteiger partial charge < -0.3 is 15.4 Å². The quantitative estimate of drug-likeness (QED) is 0.784. The van der Waals surface area contributed by atoms with Crippen molar-refractivity contribution in [2.75, 3.05) is 25.0 Å². The summed E-state index contributed by atoms with van der Waals surface area (Å²) in [4.78, 5) is 15.2. The summed E-state index contributed by atoms with van der Waals surface area (Å²) in [7, 11) is 0. The lowest BCUT2D eigenvalue weighted by Gasteiger charge is -2.41. The summed E-state index contributed by atoms with van der Waals surface area (Å²) in [5, 5.41) is 11.8. The van der Waals surface area contributed by atoms with E-state index >= 15 is 0 Å². The maximum atomic E-state index is 12.7. The lowest BCUT2D eigenvalue weighted by atomic mass is 9.84. The number of carbonyl (C=O) groups is 1. The van der Waals surface area contributed by atoms with Gasteiger partial charge in [-0.15, -0.1) is 0 Å². The van der Waals surface area contributed by atoms with E-state index in [1.807, 2.05) is 16.8 Å². The van der Waals surface area contributed by atoms with Crippen LogP contribution in [0.3, 0.4) is 0 Å². The third kappa shape index (κ3) is 3.49. The fraction of sp³-hybridized carbons (Fsp3) is 0.545. The molecule has 0 saturated carbocycles. The standard InChI is InChI=1S/C22H28ClN5O2/c1-3-28-12-16(15(2)26-28)11-27-8-6-21(7-9-27)13-22(14-30-21)24-19-5-4-17(23)10-18(19)20(29)25-22/h4-5,10,12,24H,3,6-9,11,13-14H2,1-2H3,(H,25,29). The molecule has 1 unspecified atom stereocenters. The van der Waals surface area contributed by atoms with Crippen molar-refractivity contribution < 1.29 is 9.53 Å². The van der Waals surface area contributed by atoms with Crippen molar-refractivity contribution in [1.29, 1.82) is 0 Å². The Morgan fingerprint density at radius 2 is 2.07 bits per heavy atom. The Hall–Kier alpha value is -2.09. The number of piperidine rings is 1. The van der Waals surface area contributed by atoms with Crippen molar-refractivity contribution in [3.8, 4) is 0 Å². The highest BCUT2D eigenvalue weighted by atomic mass is 35.5. The first kappa shape index (κ1) is 19.8. The Balaban J connectivity index is 1.25. The van der Waals surface area contributed by atoms with E-state index in [2.05, 4.69) is 40.7 Å². The minimum absolute atomic E-state index is 0.0900. The smallest absolute Gasteiger partial charge is 0.255 e. The van der Waals surface area contributed by atoms with Gasteiger partial charge in [0.05, 0.1) is 23.5 Å². The van der Waals surface area contributed by atoms with Crippen LogP contribution in [0.1, 0.15) is 47.8 Å². The number of anilines is 1. The van der Waals surface area contributed by atoms with Gasteiger partial charge in [0, 0.05) is 55.1 Å². The van der Waals surface area contributed by atoms with E-state index in [9.17, 15) is 4.79 Å². The van der Waals surface area contributed by atoms with Gasteiger partial charge in [-0.25, -0.2) is 0 Å². The summed E-state index contributed by atoms with van der Waals surface area (Å²) >= 11 is 6.06. The van der Waals surface area contributed by atoms with Crippen molar-refractivity contribution in [3.63, 3.8) is 0 Å². The number of hydrogen-bond acceptors (Lipinski definition) is 5. The highest BCUT2D eigenvalue weighted by Crippen LogP contribution is 2.43. The topological polar surface area (TPSA) is 71.4 Å². The molecule has 2 fully saturated rings. The van der Waals surface area contributed by atoms with Gasteiger partial charge in [-0.1, -0.05) is 11.6 Å². The number of fused-ring (bicyclic) bond motifs is 1. The molecule has 0 aliphatic carbocycles. The number of aromatic nitrogens is 2. The molecule has 1 aromatic heterocycles. The molecule has 0 bridgehead atoms. The zero-order valence-electron chi connectivity index (χ0n) is 17.5. The molecule has 1 atom stereocenters. The normalized spacial score (nSPS) is 25.4. The second-order valence-electron chi connectivity index (χ2n) is 8.87. The van der Waals surface area contributed by atoms with Gasteiger partial charge in [-0.05, 0) is 44.9 Å². The first-order valence-corrected chi connectivity index (χ1v) is 11.1. The Morgan fingerprint density at radius 1 is 1.27 bits per heavy atom. The number of amides is 1. The number of halogens is 1. The molecule has 5 rings (SSSR count). The molecule has 4 heterocycles. The van der Waals surface area contributed by atoms with Crippen molar-refractivity contribution in [1.82, 2.24) is 20.0 Å². The highest BCUT2D eigenvalue weighted by molar-refractivity contribution is 6.31. The molecule has 3 aliphatic heterocycles. The second kappa shape index (κ2) is 7.25. The summed E-state index contributed by atoms with van der Waals surface area (Å²) in [5.74, 6) is -0.0900. The van der Waals surface area contributed by atoms with Gasteiger partial charge in [0.25, 0.3) is 5.91 Å². The Labute approximate surface area is 181 Å². The first-order valence-electron chi connectivity index (χ1n) is 10.7. The van der Waals surface area contributed by atoms with Gasteiger partial charge in [0.2, 0.25) is 0 Å². The van der Waals surface area contributed by atoms with Gasteiger partial charge in [-0.2, -0.15) is 5.10 Å². The number of ether oxygens (including phenoxy) is 1. The van der Waals surface area contributed by atoms with Crippen LogP contribution in [0.5, 0.6) is 0 Å². The molecule has 1 aromatic carbocycles. The number of nitrogens with zero attached hydrogens (tertiary/aromatic N) is 3. The molecule has 1 amide bonds. The van der Waals surface area contributed by atoms with Gasteiger partial charge in [-0.3, -0.25) is 14.4 Å². The summed E-state index contributed by atoms with van der Waals surface area (Å²) < 4.78 is 8.36. The molecule has 0 radical (unpaired) electrons. The zero-order valence-corrected chi connectivity index (χ0v) is 18.3. The number of aryl methyl sites for hydroxylation is 2. The van der Waals surface area contributed by atoms with Crippen LogP contribution >= 0.6 is 11.6 Å². The van der Waals surface area contributed by atoms with Crippen molar-refractivity contribution >= 4 is 23.2 Å². The number of likely N-dealkylation sites (tertiary alicyclic amines) is 1. The van der Waals surface area contributed by atoms with Gasteiger partial charge in [0.1, 0.15) is 5.66 Å². The van der Waals surface area contributed by atoms with E-state index in [0.29, 0.717) is 17.2 Å². The van der Waals surface area contributed by atoms with Crippen LogP contribution in [0.15, 0.2) is 24.4 Å². The maximum absolute atomic E-state index is 12.7. The van der Waals surface area contributed by atoms with Crippen LogP contribution in [-0.4, -0.2) is 51.5 Å². The molecule has 2 N–H and O–H groups in total. The lowest BCUT2D eigenvalue weighted by Crippen LogP contribution is -2.59. The molecule has 160 valence electrons. The Kier molecular flexibility index (Phi) is 4.80. The summed E-state index contributed by atoms with van der Waals surface area (Å²) in [5.41, 5.74) is 3.09. The fourth-order valence-electron chi connectivity index (χ4n) is 5.03. The molecule has 8 heteroatoms. The number of nitrogens with one attached hydrogen (secondary N) is 2. The summed E-state index contributed by atoms with van der Waals surface area (Å²) in [6.45, 7) is 8.45. The number of benzene rings is 1. The van der Waals surface area contributed by atoms with E-state index in [0.717, 1.165) is 56.8 Å². The fourth-order valence-corrected chi connectivity index (χ4v) is 5.20. The third-order valence-corrected chi connectivity index (χ3v) is 6.97. The minimum Gasteiger partial charge on any atom is -0.370 e. The zero-order chi connectivity index (χ0) is 20.9. The number of rotatable bonds is 3. The van der Waals surface area contributed by atoms with E-state index in [1.54, 1.807) is 6.07 Å². The number of hydrogen-bond donors (Lipinski definition) is 2. The third-order valence-electron chi connectivity index (χ3n) is 6.73. The van der Waals surface area contributed by atoms with Crippen molar-refractivity contribution in [2.24, 2.45) is 0 Å². The Morgan fingerprint density at radius 3 is 2.80 bits per heavy atom. The van der Waals surface area contributed by atoms with Crippen LogP contribution in [-0.2, 0) is 17.8 Å². The molecule has 2 aromatic rings. The SMILES string of the molecule is CCn1cc(CN2CCC3(CC2)CC2(CO3)NC(=O)c3cc(Cl)ccc3N2)c(C)n1. The monoisotopic (exact) mass is 429 g/mol. The maximum Gasteiger partial charge on any atom is 0.255 e. The van der Waals surface area contributed by atoms with Gasteiger partial charge >= 0.3 is 0 Å². The molecular formula is C22H28ClN5O2. The van der Waals surface area contributed by atoms with Crippen molar-refractivity contribution in [2.45, 2.75) is 57.5 Å². The summed E-state index contributed by atoms with van der Waals surface area (Å²) in [6.07, 6.45) is 4.85. The largest absolute Gasteiger partial charge is 0.370 e. The highest BCUT2D eigenvalue weighted by Gasteiger charge is 2.53. The van der Waals surface area contributed by atoms with Crippen LogP contribution in [0.2, 0.25) is 5.02 Å². The summed E-state index contributed by atoms with van der Waals surface area (Å²) in [6, 6.07) is 5.40. The van der Waals surface area contributed by atoms with Crippen LogP contribution in [0.4, 0.5) is 5.69 Å². The second-order valence-corrected chi connectivity index (χ2v) is 9.31. The predicted octanol–water partition coefficient (Wildman–Crippen LogP) is 3.17. The van der Waals surface area contributed by atoms with Crippen molar-refractivity contribution in [3.05, 3.63) is 46.2 Å². The Bertz CT molecular complexity index is 982. The minimum atomic E-state index is -0.543. The number of carbonyl (C=O) groups excluding carboxylic acids is 1. The first-order chi connectivity index (χ1) is 14.4. The van der Waals surface area contributed by atoms with E-state index < -0.39 is 5.66 Å². The molecule has 2 saturated heterocycles. The van der Waals surface area contributed by atoms with Crippen LogP contribution in [0.25, 0.3) is 0 Å². The molecule has 2 spiro atoms. The van der Waals surface area contributed by atoms with E-state index in [-0.39, 0.29) is 11.5 Å². The van der Waals surface area contributed by atoms with E-state index in [4.69, 9.17) is 16.3 Å². The van der Waals surface area contributed by atoms with Crippen LogP contribution in [0, 0.1) is 6.92 Å². The molecular weight excluding hydrogens is 402 g/mol. The average molecular weight is 430 g/mol. The van der Waals surface area contributed by atoms with Crippen LogP contribution < -0.4 is 10.6 Å². The average Bonchev–Trinajstić information content (AvgIpc) is 3.25. The predicted molar refractivity (Wildman–Crippen MR) is 116 cm³/mol. The van der Waals surface area contributed by atoms with Gasteiger partial charge in [0.15, 0.2) is 0 Å². The molecule has 30 heavy (non-hydrogen) atoms.